The Morgan fingerprint density at radius 1 is 1.27 bits per heavy atom. The summed E-state index contributed by atoms with van der Waals surface area (Å²) in [5.41, 5.74) is 1.89. The summed E-state index contributed by atoms with van der Waals surface area (Å²) >= 11 is 0. The summed E-state index contributed by atoms with van der Waals surface area (Å²) < 4.78 is 0. The van der Waals surface area contributed by atoms with E-state index in [1.54, 1.807) is 0 Å². The smallest absolute Gasteiger partial charge is 0.320 e. The van der Waals surface area contributed by atoms with Gasteiger partial charge in [0.1, 0.15) is 5.69 Å². The molecule has 26 heavy (non-hydrogen) atoms. The summed E-state index contributed by atoms with van der Waals surface area (Å²) in [5.74, 6) is 7.55. The molecule has 4 nitrogen and oxygen atoms in total. The van der Waals surface area contributed by atoms with E-state index in [0.29, 0.717) is 11.8 Å². The van der Waals surface area contributed by atoms with Gasteiger partial charge in [-0.05, 0) is 56.1 Å². The fourth-order valence-corrected chi connectivity index (χ4v) is 3.89. The molecule has 2 aliphatic heterocycles. The first-order valence-electron chi connectivity index (χ1n) is 9.88. The van der Waals surface area contributed by atoms with E-state index in [2.05, 4.69) is 29.4 Å². The lowest BCUT2D eigenvalue weighted by Gasteiger charge is -2.37. The number of hydrogen-bond acceptors (Lipinski definition) is 2. The van der Waals surface area contributed by atoms with Gasteiger partial charge in [0.25, 0.3) is 0 Å². The maximum atomic E-state index is 12.8. The summed E-state index contributed by atoms with van der Waals surface area (Å²) in [5, 5.41) is 0. The number of rotatable bonds is 4. The first kappa shape index (κ1) is 17.1. The highest BCUT2D eigenvalue weighted by atomic mass is 16.2. The minimum absolute atomic E-state index is 0.206. The number of carbonyl (C=O) groups excluding carboxylic acids is 1. The van der Waals surface area contributed by atoms with Crippen LogP contribution in [0.25, 0.3) is 0 Å². The summed E-state index contributed by atoms with van der Waals surface area (Å²) in [6.45, 7) is 6.56. The van der Waals surface area contributed by atoms with Crippen molar-refractivity contribution in [3.63, 3.8) is 0 Å². The van der Waals surface area contributed by atoms with Crippen molar-refractivity contribution in [1.82, 2.24) is 14.8 Å². The molecular formula is C22H27N3O. The van der Waals surface area contributed by atoms with Crippen molar-refractivity contribution in [2.45, 2.75) is 44.6 Å². The highest BCUT2D eigenvalue weighted by Crippen LogP contribution is 2.31. The summed E-state index contributed by atoms with van der Waals surface area (Å²) in [4.78, 5) is 21.6. The fraction of sp³-hybridized carbons (Fsp3) is 0.545. The van der Waals surface area contributed by atoms with Gasteiger partial charge in [0.05, 0.1) is 0 Å². The molecule has 2 saturated heterocycles. The molecule has 136 valence electrons. The monoisotopic (exact) mass is 349 g/mol. The van der Waals surface area contributed by atoms with Crippen LogP contribution in [0.1, 0.15) is 43.5 Å². The minimum atomic E-state index is 0.206. The molecule has 4 rings (SSSR count). The van der Waals surface area contributed by atoms with Crippen molar-refractivity contribution < 1.29 is 4.79 Å². The second-order valence-electron chi connectivity index (χ2n) is 7.72. The molecule has 0 bridgehead atoms. The van der Waals surface area contributed by atoms with Crippen molar-refractivity contribution in [3.05, 3.63) is 42.2 Å². The number of hydrogen-bond donors (Lipinski definition) is 0. The van der Waals surface area contributed by atoms with E-state index >= 15 is 0 Å². The number of allylic oxidation sites excluding steroid dienone is 1. The van der Waals surface area contributed by atoms with E-state index in [1.807, 2.05) is 23.1 Å². The lowest BCUT2D eigenvalue weighted by molar-refractivity contribution is 0.118. The molecule has 3 heterocycles. The average molecular weight is 349 g/mol. The SMILES string of the molecule is C=CCC1CCN(C(=O)N2CCC2)C1Cc1cccc(C#CC2CC2)n1. The van der Waals surface area contributed by atoms with Gasteiger partial charge in [0.2, 0.25) is 0 Å². The summed E-state index contributed by atoms with van der Waals surface area (Å²) in [7, 11) is 0. The van der Waals surface area contributed by atoms with Crippen LogP contribution in [-0.2, 0) is 6.42 Å². The Labute approximate surface area is 156 Å². The Balaban J connectivity index is 1.50. The Bertz CT molecular complexity index is 739. The van der Waals surface area contributed by atoms with Crippen molar-refractivity contribution >= 4 is 6.03 Å². The summed E-state index contributed by atoms with van der Waals surface area (Å²) in [6, 6.07) is 6.51. The normalized spacial score (nSPS) is 24.6. The maximum Gasteiger partial charge on any atom is 0.320 e. The average Bonchev–Trinajstić information content (AvgIpc) is 3.34. The van der Waals surface area contributed by atoms with Gasteiger partial charge < -0.3 is 9.80 Å². The Morgan fingerprint density at radius 2 is 2.12 bits per heavy atom. The van der Waals surface area contributed by atoms with Crippen LogP contribution in [0.4, 0.5) is 4.79 Å². The molecule has 3 fully saturated rings. The van der Waals surface area contributed by atoms with Crippen molar-refractivity contribution in [2.24, 2.45) is 11.8 Å². The molecule has 1 aliphatic carbocycles. The molecule has 1 aromatic rings. The topological polar surface area (TPSA) is 36.4 Å². The minimum Gasteiger partial charge on any atom is -0.325 e. The molecule has 0 N–H and O–H groups in total. The van der Waals surface area contributed by atoms with Crippen LogP contribution in [0, 0.1) is 23.7 Å². The van der Waals surface area contributed by atoms with Crippen LogP contribution in [-0.4, -0.2) is 46.5 Å². The van der Waals surface area contributed by atoms with Gasteiger partial charge in [-0.3, -0.25) is 0 Å². The van der Waals surface area contributed by atoms with E-state index in [1.165, 1.54) is 12.8 Å². The molecule has 0 aromatic carbocycles. The third-order valence-corrected chi connectivity index (χ3v) is 5.73. The zero-order valence-corrected chi connectivity index (χ0v) is 15.4. The van der Waals surface area contributed by atoms with Gasteiger partial charge in [0.15, 0.2) is 0 Å². The predicted octanol–water partition coefficient (Wildman–Crippen LogP) is 3.48. The fourth-order valence-electron chi connectivity index (χ4n) is 3.89. The lowest BCUT2D eigenvalue weighted by Crippen LogP contribution is -2.52. The molecule has 2 amide bonds. The van der Waals surface area contributed by atoms with Crippen molar-refractivity contribution in [1.29, 1.82) is 0 Å². The molecule has 2 unspecified atom stereocenters. The quantitative estimate of drug-likeness (QED) is 0.616. The Morgan fingerprint density at radius 3 is 2.81 bits per heavy atom. The van der Waals surface area contributed by atoms with E-state index in [0.717, 1.165) is 56.7 Å². The van der Waals surface area contributed by atoms with Gasteiger partial charge in [-0.1, -0.05) is 18.1 Å². The largest absolute Gasteiger partial charge is 0.325 e. The number of likely N-dealkylation sites (tertiary alicyclic amines) is 2. The third kappa shape index (κ3) is 3.77. The molecule has 2 atom stereocenters. The number of nitrogens with zero attached hydrogens (tertiary/aromatic N) is 3. The van der Waals surface area contributed by atoms with Crippen LogP contribution in [0.15, 0.2) is 30.9 Å². The van der Waals surface area contributed by atoms with E-state index < -0.39 is 0 Å². The van der Waals surface area contributed by atoms with E-state index in [-0.39, 0.29) is 12.1 Å². The molecule has 0 radical (unpaired) electrons. The highest BCUT2D eigenvalue weighted by molar-refractivity contribution is 5.76. The second-order valence-corrected chi connectivity index (χ2v) is 7.72. The maximum absolute atomic E-state index is 12.8. The van der Waals surface area contributed by atoms with Crippen LogP contribution in [0.5, 0.6) is 0 Å². The van der Waals surface area contributed by atoms with Gasteiger partial charge in [-0.25, -0.2) is 9.78 Å². The number of aromatic nitrogens is 1. The predicted molar refractivity (Wildman–Crippen MR) is 103 cm³/mol. The van der Waals surface area contributed by atoms with Crippen molar-refractivity contribution in [3.8, 4) is 11.8 Å². The van der Waals surface area contributed by atoms with Crippen LogP contribution in [0.3, 0.4) is 0 Å². The standard InChI is InChI=1S/C22H27N3O/c1-2-5-18-12-15-25(22(26)24-13-4-14-24)21(18)16-20-7-3-6-19(23-20)11-10-17-8-9-17/h2-3,6-7,17-18,21H,1,4-5,8-9,12-16H2. The third-order valence-electron chi connectivity index (χ3n) is 5.73. The van der Waals surface area contributed by atoms with Crippen molar-refractivity contribution in [2.75, 3.05) is 19.6 Å². The molecule has 1 saturated carbocycles. The van der Waals surface area contributed by atoms with Gasteiger partial charge >= 0.3 is 6.03 Å². The molecule has 0 spiro atoms. The summed E-state index contributed by atoms with van der Waals surface area (Å²) in [6.07, 6.45) is 8.38. The first-order chi connectivity index (χ1) is 12.7. The van der Waals surface area contributed by atoms with Crippen LogP contribution >= 0.6 is 0 Å². The van der Waals surface area contributed by atoms with Gasteiger partial charge in [-0.15, -0.1) is 6.58 Å². The molecular weight excluding hydrogens is 322 g/mol. The number of pyridine rings is 1. The number of urea groups is 1. The van der Waals surface area contributed by atoms with Gasteiger partial charge in [-0.2, -0.15) is 0 Å². The first-order valence-corrected chi connectivity index (χ1v) is 9.88. The Hall–Kier alpha value is -2.28. The number of carbonyl (C=O) groups is 1. The zero-order valence-electron chi connectivity index (χ0n) is 15.4. The van der Waals surface area contributed by atoms with E-state index in [9.17, 15) is 4.79 Å². The number of amides is 2. The van der Waals surface area contributed by atoms with Crippen LogP contribution in [0.2, 0.25) is 0 Å². The van der Waals surface area contributed by atoms with Gasteiger partial charge in [0, 0.05) is 43.7 Å². The molecule has 3 aliphatic rings. The highest BCUT2D eigenvalue weighted by Gasteiger charge is 2.39. The van der Waals surface area contributed by atoms with Crippen LogP contribution < -0.4 is 0 Å². The molecule has 4 heteroatoms. The Kier molecular flexibility index (Phi) is 4.97. The lowest BCUT2D eigenvalue weighted by atomic mass is 9.93. The van der Waals surface area contributed by atoms with E-state index in [4.69, 9.17) is 4.98 Å². The molecule has 1 aromatic heterocycles. The zero-order chi connectivity index (χ0) is 17.9. The second kappa shape index (κ2) is 7.53.